The van der Waals surface area contributed by atoms with Crippen molar-refractivity contribution in [3.63, 3.8) is 0 Å². The van der Waals surface area contributed by atoms with Crippen molar-refractivity contribution in [1.29, 1.82) is 0 Å². The van der Waals surface area contributed by atoms with Gasteiger partial charge in [-0.1, -0.05) is 6.92 Å². The molecule has 1 heterocycles. The Labute approximate surface area is 126 Å². The van der Waals surface area contributed by atoms with E-state index in [0.717, 1.165) is 18.6 Å². The fourth-order valence-electron chi connectivity index (χ4n) is 1.68. The highest BCUT2D eigenvalue weighted by Crippen LogP contribution is 2.17. The van der Waals surface area contributed by atoms with E-state index < -0.39 is 11.6 Å². The van der Waals surface area contributed by atoms with E-state index in [-0.39, 0.29) is 30.1 Å². The summed E-state index contributed by atoms with van der Waals surface area (Å²) in [5, 5.41) is 6.83. The third-order valence-electron chi connectivity index (χ3n) is 3.11. The lowest BCUT2D eigenvalue weighted by molar-refractivity contribution is 0.0932. The largest absolute Gasteiger partial charge is 0.468 e. The number of halogens is 2. The summed E-state index contributed by atoms with van der Waals surface area (Å²) < 4.78 is 32.7. The van der Waals surface area contributed by atoms with E-state index in [1.54, 1.807) is 12.3 Å². The topological polar surface area (TPSA) is 56.2 Å². The minimum Gasteiger partial charge on any atom is -0.468 e. The van der Waals surface area contributed by atoms with Gasteiger partial charge in [0.25, 0.3) is 5.91 Å². The van der Waals surface area contributed by atoms with Crippen molar-refractivity contribution in [3.8, 4) is 5.75 Å². The number of carbonyl (C=O) groups is 1. The fourth-order valence-corrected chi connectivity index (χ4v) is 1.68. The smallest absolute Gasteiger partial charge is 0.271 e. The molecule has 1 aromatic carbocycles. The molecule has 1 amide bonds. The predicted octanol–water partition coefficient (Wildman–Crippen LogP) is 2.73. The minimum atomic E-state index is -0.790. The molecule has 0 aliphatic rings. The maximum Gasteiger partial charge on any atom is 0.271 e. The van der Waals surface area contributed by atoms with Crippen molar-refractivity contribution in [2.24, 2.45) is 0 Å². The number of carbonyl (C=O) groups excluding carboxylic acids is 1. The molecule has 0 spiro atoms. The SMILES string of the molecule is CCC(C)NC(=O)c1ccn(COc2ccc(F)cc2F)n1. The van der Waals surface area contributed by atoms with Crippen LogP contribution in [0.1, 0.15) is 30.8 Å². The third-order valence-corrected chi connectivity index (χ3v) is 3.11. The first-order chi connectivity index (χ1) is 10.5. The molecule has 1 unspecified atom stereocenters. The highest BCUT2D eigenvalue weighted by Gasteiger charge is 2.12. The molecule has 2 aromatic rings. The van der Waals surface area contributed by atoms with E-state index in [4.69, 9.17) is 4.74 Å². The lowest BCUT2D eigenvalue weighted by Crippen LogP contribution is -2.32. The van der Waals surface area contributed by atoms with E-state index in [0.29, 0.717) is 0 Å². The maximum absolute atomic E-state index is 13.4. The third kappa shape index (κ3) is 4.03. The summed E-state index contributed by atoms with van der Waals surface area (Å²) in [6.07, 6.45) is 2.37. The molecule has 0 saturated carbocycles. The standard InChI is InChI=1S/C15H17F2N3O2/c1-3-10(2)18-15(21)13-6-7-20(19-13)9-22-14-5-4-11(16)8-12(14)17/h4-8,10H,3,9H2,1-2H3,(H,18,21). The van der Waals surface area contributed by atoms with Gasteiger partial charge in [-0.05, 0) is 31.5 Å². The van der Waals surface area contributed by atoms with Crippen LogP contribution in [0.5, 0.6) is 5.75 Å². The van der Waals surface area contributed by atoms with Crippen molar-refractivity contribution >= 4 is 5.91 Å². The first kappa shape index (κ1) is 15.9. The van der Waals surface area contributed by atoms with Gasteiger partial charge < -0.3 is 10.1 Å². The number of benzene rings is 1. The summed E-state index contributed by atoms with van der Waals surface area (Å²) in [6, 6.07) is 4.64. The summed E-state index contributed by atoms with van der Waals surface area (Å²) in [7, 11) is 0. The lowest BCUT2D eigenvalue weighted by Gasteiger charge is -2.09. The van der Waals surface area contributed by atoms with Gasteiger partial charge in [0.15, 0.2) is 18.3 Å². The number of hydrogen-bond acceptors (Lipinski definition) is 3. The molecule has 0 bridgehead atoms. The van der Waals surface area contributed by atoms with Gasteiger partial charge >= 0.3 is 0 Å². The zero-order valence-corrected chi connectivity index (χ0v) is 12.3. The Morgan fingerprint density at radius 2 is 2.18 bits per heavy atom. The van der Waals surface area contributed by atoms with Gasteiger partial charge in [-0.25, -0.2) is 13.5 Å². The van der Waals surface area contributed by atoms with Gasteiger partial charge in [-0.3, -0.25) is 4.79 Å². The predicted molar refractivity (Wildman–Crippen MR) is 76.4 cm³/mol. The molecule has 118 valence electrons. The molecule has 22 heavy (non-hydrogen) atoms. The first-order valence-corrected chi connectivity index (χ1v) is 6.91. The summed E-state index contributed by atoms with van der Waals surface area (Å²) in [5.41, 5.74) is 0.253. The van der Waals surface area contributed by atoms with Crippen molar-refractivity contribution in [2.75, 3.05) is 0 Å². The van der Waals surface area contributed by atoms with Gasteiger partial charge in [-0.15, -0.1) is 0 Å². The zero-order chi connectivity index (χ0) is 16.1. The van der Waals surface area contributed by atoms with Crippen molar-refractivity contribution in [2.45, 2.75) is 33.0 Å². The quantitative estimate of drug-likeness (QED) is 0.892. The average molecular weight is 309 g/mol. The number of amides is 1. The molecule has 0 saturated heterocycles. The number of nitrogens with zero attached hydrogens (tertiary/aromatic N) is 2. The van der Waals surface area contributed by atoms with Gasteiger partial charge in [0.2, 0.25) is 0 Å². The summed E-state index contributed by atoms with van der Waals surface area (Å²) in [4.78, 5) is 11.9. The number of nitrogens with one attached hydrogen (secondary N) is 1. The van der Waals surface area contributed by atoms with Gasteiger partial charge in [0.05, 0.1) is 0 Å². The number of hydrogen-bond donors (Lipinski definition) is 1. The van der Waals surface area contributed by atoms with Gasteiger partial charge in [0.1, 0.15) is 11.5 Å². The van der Waals surface area contributed by atoms with Crippen LogP contribution in [0.25, 0.3) is 0 Å². The number of ether oxygens (including phenoxy) is 1. The zero-order valence-electron chi connectivity index (χ0n) is 12.3. The van der Waals surface area contributed by atoms with Gasteiger partial charge in [0, 0.05) is 18.3 Å². The minimum absolute atomic E-state index is 0.0576. The average Bonchev–Trinajstić information content (AvgIpc) is 2.95. The Balaban J connectivity index is 1.96. The lowest BCUT2D eigenvalue weighted by atomic mass is 10.2. The Hall–Kier alpha value is -2.44. The number of aromatic nitrogens is 2. The fraction of sp³-hybridized carbons (Fsp3) is 0.333. The van der Waals surface area contributed by atoms with Crippen LogP contribution >= 0.6 is 0 Å². The van der Waals surface area contributed by atoms with Crippen LogP contribution in [-0.2, 0) is 6.73 Å². The first-order valence-electron chi connectivity index (χ1n) is 6.91. The van der Waals surface area contributed by atoms with E-state index in [9.17, 15) is 13.6 Å². The Bertz CT molecular complexity index is 658. The molecule has 5 nitrogen and oxygen atoms in total. The van der Waals surface area contributed by atoms with Crippen molar-refractivity contribution in [3.05, 3.63) is 47.8 Å². The second-order valence-corrected chi connectivity index (χ2v) is 4.87. The monoisotopic (exact) mass is 309 g/mol. The van der Waals surface area contributed by atoms with Crippen LogP contribution < -0.4 is 10.1 Å². The Morgan fingerprint density at radius 1 is 1.41 bits per heavy atom. The number of rotatable bonds is 6. The van der Waals surface area contributed by atoms with E-state index in [2.05, 4.69) is 10.4 Å². The molecular formula is C15H17F2N3O2. The maximum atomic E-state index is 13.4. The Morgan fingerprint density at radius 3 is 2.86 bits per heavy atom. The molecule has 2 rings (SSSR count). The van der Waals surface area contributed by atoms with Crippen molar-refractivity contribution < 1.29 is 18.3 Å². The summed E-state index contributed by atoms with van der Waals surface area (Å²) in [6.45, 7) is 3.78. The summed E-state index contributed by atoms with van der Waals surface area (Å²) in [5.74, 6) is -1.82. The molecule has 1 N–H and O–H groups in total. The molecule has 0 fully saturated rings. The highest BCUT2D eigenvalue weighted by molar-refractivity contribution is 5.92. The van der Waals surface area contributed by atoms with E-state index in [1.165, 1.54) is 10.7 Å². The van der Waals surface area contributed by atoms with Crippen molar-refractivity contribution in [1.82, 2.24) is 15.1 Å². The normalized spacial score (nSPS) is 12.0. The van der Waals surface area contributed by atoms with Crippen LogP contribution in [0.4, 0.5) is 8.78 Å². The van der Waals surface area contributed by atoms with E-state index in [1.807, 2.05) is 13.8 Å². The second kappa shape index (κ2) is 7.02. The summed E-state index contributed by atoms with van der Waals surface area (Å²) >= 11 is 0. The molecule has 0 aliphatic carbocycles. The van der Waals surface area contributed by atoms with Crippen LogP contribution in [0.2, 0.25) is 0 Å². The molecule has 1 aromatic heterocycles. The molecule has 0 radical (unpaired) electrons. The molecule has 7 heteroatoms. The second-order valence-electron chi connectivity index (χ2n) is 4.87. The molecule has 0 aliphatic heterocycles. The van der Waals surface area contributed by atoms with E-state index >= 15 is 0 Å². The van der Waals surface area contributed by atoms with Gasteiger partial charge in [-0.2, -0.15) is 5.10 Å². The van der Waals surface area contributed by atoms with Crippen LogP contribution in [0.15, 0.2) is 30.5 Å². The van der Waals surface area contributed by atoms with Crippen LogP contribution in [-0.4, -0.2) is 21.7 Å². The molecular weight excluding hydrogens is 292 g/mol. The molecule has 1 atom stereocenters. The highest BCUT2D eigenvalue weighted by atomic mass is 19.1. The van der Waals surface area contributed by atoms with Crippen LogP contribution in [0.3, 0.4) is 0 Å². The Kier molecular flexibility index (Phi) is 5.08. The van der Waals surface area contributed by atoms with Crippen LogP contribution in [0, 0.1) is 11.6 Å².